The zero-order chi connectivity index (χ0) is 44.7. The van der Waals surface area contributed by atoms with E-state index in [1.165, 1.54) is 38.1 Å². The van der Waals surface area contributed by atoms with Crippen LogP contribution in [0.2, 0.25) is 0 Å². The average Bonchev–Trinajstić information content (AvgIpc) is 4.09. The third kappa shape index (κ3) is 6.01. The molecule has 0 aliphatic rings. The molecule has 0 saturated heterocycles. The number of hydrogen-bond donors (Lipinski definition) is 0. The number of fused-ring (bicyclic) bond motifs is 10. The molecule has 0 saturated carbocycles. The van der Waals surface area contributed by atoms with Gasteiger partial charge in [-0.05, 0) is 124 Å². The lowest BCUT2D eigenvalue weighted by Crippen LogP contribution is -2.11. The standard InChI is InChI=1S/C64H40N2O2/c1-2-14-44-39-45(28-27-41(44)13-1)42-29-33-47(34-30-42)65(49-16-11-15-46(40-49)50-21-12-26-61-63(50)55-20-6-10-25-60(55)67-61)58-38-37-54-53-19-5-9-24-59(53)68-64(54)62(58)43-31-35-48(36-32-43)66-56-22-7-3-17-51(56)52-18-4-8-23-57(52)66/h1-40H. The monoisotopic (exact) mass is 868 g/mol. The summed E-state index contributed by atoms with van der Waals surface area (Å²) in [4.78, 5) is 2.39. The molecular formula is C64H40N2O2. The van der Waals surface area contributed by atoms with E-state index in [0.29, 0.717) is 0 Å². The van der Waals surface area contributed by atoms with E-state index < -0.39 is 0 Å². The van der Waals surface area contributed by atoms with Crippen LogP contribution < -0.4 is 4.90 Å². The number of anilines is 3. The van der Waals surface area contributed by atoms with Gasteiger partial charge in [-0.25, -0.2) is 0 Å². The van der Waals surface area contributed by atoms with E-state index in [4.69, 9.17) is 8.83 Å². The molecule has 0 aliphatic heterocycles. The molecule has 0 N–H and O–H groups in total. The Morgan fingerprint density at radius 3 is 1.74 bits per heavy atom. The lowest BCUT2D eigenvalue weighted by molar-refractivity contribution is 0.669. The molecule has 11 aromatic carbocycles. The summed E-state index contributed by atoms with van der Waals surface area (Å²) in [5, 5.41) is 9.31. The van der Waals surface area contributed by atoms with Crippen LogP contribution in [0.4, 0.5) is 17.1 Å². The van der Waals surface area contributed by atoms with E-state index in [2.05, 4.69) is 234 Å². The molecule has 14 rings (SSSR count). The van der Waals surface area contributed by atoms with Crippen LogP contribution in [0.5, 0.6) is 0 Å². The highest BCUT2D eigenvalue weighted by molar-refractivity contribution is 6.15. The summed E-state index contributed by atoms with van der Waals surface area (Å²) < 4.78 is 15.7. The molecule has 0 amide bonds. The lowest BCUT2D eigenvalue weighted by atomic mass is 9.96. The number of hydrogen-bond acceptors (Lipinski definition) is 3. The quantitative estimate of drug-likeness (QED) is 0.160. The summed E-state index contributed by atoms with van der Waals surface area (Å²) in [5.74, 6) is 0. The first kappa shape index (κ1) is 38.2. The van der Waals surface area contributed by atoms with Crippen molar-refractivity contribution >= 4 is 93.5 Å². The molecule has 0 bridgehead atoms. The number of benzene rings is 11. The van der Waals surface area contributed by atoms with Crippen LogP contribution in [0, 0.1) is 0 Å². The molecule has 68 heavy (non-hydrogen) atoms. The van der Waals surface area contributed by atoms with E-state index in [-0.39, 0.29) is 0 Å². The van der Waals surface area contributed by atoms with Crippen molar-refractivity contribution in [2.75, 3.05) is 4.90 Å². The smallest absolute Gasteiger partial charge is 0.145 e. The number of furan rings is 2. The molecule has 3 aromatic heterocycles. The Kier molecular flexibility index (Phi) is 8.55. The second-order valence-electron chi connectivity index (χ2n) is 17.6. The van der Waals surface area contributed by atoms with Gasteiger partial charge in [0.1, 0.15) is 22.3 Å². The van der Waals surface area contributed by atoms with Crippen molar-refractivity contribution in [3.63, 3.8) is 0 Å². The maximum absolute atomic E-state index is 6.96. The van der Waals surface area contributed by atoms with Crippen molar-refractivity contribution in [3.8, 4) is 39.1 Å². The minimum Gasteiger partial charge on any atom is -0.456 e. The molecule has 4 nitrogen and oxygen atoms in total. The Labute approximate surface area is 391 Å². The number of aromatic nitrogens is 1. The fraction of sp³-hybridized carbons (Fsp3) is 0. The van der Waals surface area contributed by atoms with Gasteiger partial charge in [0.2, 0.25) is 0 Å². The summed E-state index contributed by atoms with van der Waals surface area (Å²) in [7, 11) is 0. The van der Waals surface area contributed by atoms with Crippen LogP contribution in [0.1, 0.15) is 0 Å². The van der Waals surface area contributed by atoms with Crippen LogP contribution in [0.25, 0.3) is 116 Å². The van der Waals surface area contributed by atoms with Gasteiger partial charge in [0.05, 0.1) is 16.7 Å². The predicted octanol–water partition coefficient (Wildman–Crippen LogP) is 18.2. The Hall–Kier alpha value is -9.12. The van der Waals surface area contributed by atoms with Gasteiger partial charge in [0.25, 0.3) is 0 Å². The summed E-state index contributed by atoms with van der Waals surface area (Å²) in [5.41, 5.74) is 16.6. The molecule has 0 unspecified atom stereocenters. The Bertz CT molecular complexity index is 4210. The molecule has 318 valence electrons. The maximum Gasteiger partial charge on any atom is 0.145 e. The molecule has 0 radical (unpaired) electrons. The topological polar surface area (TPSA) is 34.5 Å². The van der Waals surface area contributed by atoms with Crippen LogP contribution in [0.3, 0.4) is 0 Å². The minimum atomic E-state index is 0.844. The molecular weight excluding hydrogens is 829 g/mol. The average molecular weight is 869 g/mol. The molecule has 0 fully saturated rings. The van der Waals surface area contributed by atoms with Crippen molar-refractivity contribution < 1.29 is 8.83 Å². The molecule has 3 heterocycles. The van der Waals surface area contributed by atoms with E-state index >= 15 is 0 Å². The van der Waals surface area contributed by atoms with Crippen LogP contribution in [0.15, 0.2) is 251 Å². The van der Waals surface area contributed by atoms with Crippen molar-refractivity contribution in [3.05, 3.63) is 243 Å². The van der Waals surface area contributed by atoms with Crippen LogP contribution in [-0.4, -0.2) is 4.57 Å². The van der Waals surface area contributed by atoms with Crippen molar-refractivity contribution in [1.29, 1.82) is 0 Å². The minimum absolute atomic E-state index is 0.844. The van der Waals surface area contributed by atoms with Gasteiger partial charge in [-0.15, -0.1) is 0 Å². The second-order valence-corrected chi connectivity index (χ2v) is 17.6. The summed E-state index contributed by atoms with van der Waals surface area (Å²) in [6.07, 6.45) is 0. The molecule has 0 aliphatic carbocycles. The van der Waals surface area contributed by atoms with Gasteiger partial charge in [0.15, 0.2) is 0 Å². The van der Waals surface area contributed by atoms with Crippen LogP contribution in [-0.2, 0) is 0 Å². The van der Waals surface area contributed by atoms with Gasteiger partial charge in [-0.3, -0.25) is 0 Å². The lowest BCUT2D eigenvalue weighted by Gasteiger charge is -2.28. The Morgan fingerprint density at radius 2 is 0.956 bits per heavy atom. The number of nitrogens with zero attached hydrogens (tertiary/aromatic N) is 2. The molecule has 0 atom stereocenters. The molecule has 4 heteroatoms. The summed E-state index contributed by atoms with van der Waals surface area (Å²) >= 11 is 0. The number of para-hydroxylation sites is 4. The van der Waals surface area contributed by atoms with E-state index in [0.717, 1.165) is 94.4 Å². The molecule has 14 aromatic rings. The first-order valence-electron chi connectivity index (χ1n) is 23.2. The Morgan fingerprint density at radius 1 is 0.338 bits per heavy atom. The van der Waals surface area contributed by atoms with E-state index in [9.17, 15) is 0 Å². The summed E-state index contributed by atoms with van der Waals surface area (Å²) in [6.45, 7) is 0. The SMILES string of the molecule is c1cc(-c2cccc3oc4ccccc4c23)cc(N(c2ccc(-c3ccc4ccccc4c3)cc2)c2ccc3c(oc4ccccc43)c2-c2ccc(-n3c4ccccc4c4ccccc43)cc2)c1. The first-order chi connectivity index (χ1) is 33.7. The second kappa shape index (κ2) is 15.2. The highest BCUT2D eigenvalue weighted by Gasteiger charge is 2.24. The van der Waals surface area contributed by atoms with Gasteiger partial charge in [-0.1, -0.05) is 158 Å². The number of rotatable bonds is 7. The van der Waals surface area contributed by atoms with Gasteiger partial charge < -0.3 is 18.3 Å². The summed E-state index contributed by atoms with van der Waals surface area (Å²) in [6, 6.07) is 87.0. The van der Waals surface area contributed by atoms with Gasteiger partial charge in [-0.2, -0.15) is 0 Å². The maximum atomic E-state index is 6.96. The van der Waals surface area contributed by atoms with Crippen LogP contribution >= 0.6 is 0 Å². The molecule has 0 spiro atoms. The highest BCUT2D eigenvalue weighted by atomic mass is 16.3. The highest BCUT2D eigenvalue weighted by Crippen LogP contribution is 2.48. The fourth-order valence-corrected chi connectivity index (χ4v) is 10.6. The van der Waals surface area contributed by atoms with Gasteiger partial charge >= 0.3 is 0 Å². The van der Waals surface area contributed by atoms with Gasteiger partial charge in [0, 0.05) is 54.9 Å². The third-order valence-corrected chi connectivity index (χ3v) is 13.8. The zero-order valence-corrected chi connectivity index (χ0v) is 36.8. The largest absolute Gasteiger partial charge is 0.456 e. The van der Waals surface area contributed by atoms with E-state index in [1.807, 2.05) is 18.2 Å². The Balaban J connectivity index is 0.987. The van der Waals surface area contributed by atoms with Crippen molar-refractivity contribution in [1.82, 2.24) is 4.57 Å². The fourth-order valence-electron chi connectivity index (χ4n) is 10.6. The van der Waals surface area contributed by atoms with E-state index in [1.54, 1.807) is 0 Å². The first-order valence-corrected chi connectivity index (χ1v) is 23.2. The normalized spacial score (nSPS) is 11.8. The van der Waals surface area contributed by atoms with Crippen molar-refractivity contribution in [2.24, 2.45) is 0 Å². The third-order valence-electron chi connectivity index (χ3n) is 13.8. The zero-order valence-electron chi connectivity index (χ0n) is 36.8. The van der Waals surface area contributed by atoms with Crippen molar-refractivity contribution in [2.45, 2.75) is 0 Å². The predicted molar refractivity (Wildman–Crippen MR) is 284 cm³/mol.